The highest BCUT2D eigenvalue weighted by Crippen LogP contribution is 2.34. The second-order valence-electron chi connectivity index (χ2n) is 5.89. The second-order valence-corrected chi connectivity index (χ2v) is 5.89. The molecule has 0 amide bonds. The number of carboxylic acid groups (broad SMARTS) is 1. The van der Waals surface area contributed by atoms with Gasteiger partial charge in [-0.25, -0.2) is 0 Å². The van der Waals surface area contributed by atoms with Crippen molar-refractivity contribution in [3.63, 3.8) is 0 Å². The number of ether oxygens (including phenoxy) is 2. The summed E-state index contributed by atoms with van der Waals surface area (Å²) in [5, 5.41) is 19.0. The summed E-state index contributed by atoms with van der Waals surface area (Å²) >= 11 is 0. The van der Waals surface area contributed by atoms with Crippen LogP contribution >= 0.6 is 0 Å². The summed E-state index contributed by atoms with van der Waals surface area (Å²) in [6, 6.07) is 5.38. The van der Waals surface area contributed by atoms with Gasteiger partial charge in [-0.05, 0) is 30.0 Å². The number of aliphatic hydroxyl groups is 1. The predicted octanol–water partition coefficient (Wildman–Crippen LogP) is 2.63. The number of hydrogen-bond donors (Lipinski definition) is 2. The van der Waals surface area contributed by atoms with Crippen molar-refractivity contribution >= 4 is 5.97 Å². The Balaban J connectivity index is 2.05. The van der Waals surface area contributed by atoms with Gasteiger partial charge in [0.2, 0.25) is 0 Å². The average Bonchev–Trinajstić information content (AvgIpc) is 2.59. The van der Waals surface area contributed by atoms with Crippen LogP contribution in [0.3, 0.4) is 0 Å². The van der Waals surface area contributed by atoms with E-state index in [0.717, 1.165) is 5.56 Å². The molecule has 2 rings (SSSR count). The van der Waals surface area contributed by atoms with Crippen molar-refractivity contribution in [3.05, 3.63) is 23.8 Å². The zero-order valence-corrected chi connectivity index (χ0v) is 12.4. The highest BCUT2D eigenvalue weighted by Gasteiger charge is 2.19. The van der Waals surface area contributed by atoms with Crippen LogP contribution in [0.4, 0.5) is 0 Å². The van der Waals surface area contributed by atoms with Crippen LogP contribution in [0.1, 0.15) is 38.4 Å². The highest BCUT2D eigenvalue weighted by molar-refractivity contribution is 5.66. The van der Waals surface area contributed by atoms with Crippen LogP contribution in [0.25, 0.3) is 0 Å². The monoisotopic (exact) mass is 294 g/mol. The highest BCUT2D eigenvalue weighted by atomic mass is 16.5. The van der Waals surface area contributed by atoms with E-state index in [2.05, 4.69) is 6.92 Å². The first-order valence-corrected chi connectivity index (χ1v) is 7.25. The van der Waals surface area contributed by atoms with Crippen molar-refractivity contribution in [3.8, 4) is 11.5 Å². The molecule has 5 heteroatoms. The molecule has 0 radical (unpaired) electrons. The first-order chi connectivity index (χ1) is 9.95. The normalized spacial score (nSPS) is 20.4. The van der Waals surface area contributed by atoms with Gasteiger partial charge in [0.05, 0.1) is 19.3 Å². The Bertz CT molecular complexity index is 499. The Morgan fingerprint density at radius 2 is 2.00 bits per heavy atom. The van der Waals surface area contributed by atoms with Crippen molar-refractivity contribution in [2.45, 2.75) is 32.8 Å². The molecule has 1 heterocycles. The minimum atomic E-state index is -0.845. The Kier molecular flexibility index (Phi) is 5.07. The van der Waals surface area contributed by atoms with Gasteiger partial charge < -0.3 is 19.7 Å². The molecule has 116 valence electrons. The molecule has 0 bridgehead atoms. The number of benzene rings is 1. The standard InChI is InChI=1S/C16H22O5/c1-10(6-16(18)19)5-13(17)12-3-4-14-15(7-12)21-9-11(2)8-20-14/h3-4,7,10-11,13,17H,5-6,8-9H2,1-2H3,(H,18,19). The lowest BCUT2D eigenvalue weighted by Gasteiger charge is -2.17. The molecule has 1 aromatic carbocycles. The number of carbonyl (C=O) groups is 1. The molecule has 21 heavy (non-hydrogen) atoms. The van der Waals surface area contributed by atoms with Crippen molar-refractivity contribution in [2.24, 2.45) is 11.8 Å². The number of fused-ring (bicyclic) bond motifs is 1. The number of carboxylic acids is 1. The molecule has 0 fully saturated rings. The zero-order chi connectivity index (χ0) is 15.4. The lowest BCUT2D eigenvalue weighted by atomic mass is 9.95. The number of aliphatic carboxylic acids is 1. The molecule has 1 aromatic rings. The van der Waals surface area contributed by atoms with Gasteiger partial charge in [-0.3, -0.25) is 4.79 Å². The van der Waals surface area contributed by atoms with Gasteiger partial charge >= 0.3 is 5.97 Å². The zero-order valence-electron chi connectivity index (χ0n) is 12.4. The van der Waals surface area contributed by atoms with E-state index in [1.807, 2.05) is 6.92 Å². The molecule has 0 saturated heterocycles. The molecule has 5 nitrogen and oxygen atoms in total. The third-order valence-corrected chi connectivity index (χ3v) is 3.55. The number of aliphatic hydroxyl groups excluding tert-OH is 1. The van der Waals surface area contributed by atoms with E-state index < -0.39 is 12.1 Å². The topological polar surface area (TPSA) is 76.0 Å². The van der Waals surface area contributed by atoms with E-state index >= 15 is 0 Å². The SMILES string of the molecule is CC1COc2ccc(C(O)CC(C)CC(=O)O)cc2OC1. The molecule has 0 aromatic heterocycles. The number of rotatable bonds is 5. The molecule has 2 N–H and O–H groups in total. The van der Waals surface area contributed by atoms with E-state index in [4.69, 9.17) is 14.6 Å². The predicted molar refractivity (Wildman–Crippen MR) is 77.6 cm³/mol. The van der Waals surface area contributed by atoms with Crippen LogP contribution in [0.15, 0.2) is 18.2 Å². The molecule has 3 atom stereocenters. The molecule has 0 spiro atoms. The van der Waals surface area contributed by atoms with Crippen molar-refractivity contribution in [1.82, 2.24) is 0 Å². The van der Waals surface area contributed by atoms with Crippen molar-refractivity contribution < 1.29 is 24.5 Å². The first kappa shape index (κ1) is 15.6. The van der Waals surface area contributed by atoms with Crippen LogP contribution in [0.2, 0.25) is 0 Å². The van der Waals surface area contributed by atoms with Crippen LogP contribution in [0, 0.1) is 11.8 Å². The minimum Gasteiger partial charge on any atom is -0.489 e. The molecular weight excluding hydrogens is 272 g/mol. The summed E-state index contributed by atoms with van der Waals surface area (Å²) in [6.07, 6.45) is -0.240. The summed E-state index contributed by atoms with van der Waals surface area (Å²) in [4.78, 5) is 10.7. The van der Waals surface area contributed by atoms with Crippen LogP contribution < -0.4 is 9.47 Å². The lowest BCUT2D eigenvalue weighted by molar-refractivity contribution is -0.138. The summed E-state index contributed by atoms with van der Waals surface area (Å²) in [5.74, 6) is 0.716. The van der Waals surface area contributed by atoms with Crippen LogP contribution in [-0.2, 0) is 4.79 Å². The van der Waals surface area contributed by atoms with Gasteiger partial charge in [-0.1, -0.05) is 19.9 Å². The van der Waals surface area contributed by atoms with E-state index in [-0.39, 0.29) is 12.3 Å². The van der Waals surface area contributed by atoms with Gasteiger partial charge in [0.1, 0.15) is 0 Å². The van der Waals surface area contributed by atoms with Gasteiger partial charge in [0.25, 0.3) is 0 Å². The fraction of sp³-hybridized carbons (Fsp3) is 0.562. The maximum absolute atomic E-state index is 10.7. The molecule has 0 aliphatic carbocycles. The summed E-state index contributed by atoms with van der Waals surface area (Å²) in [6.45, 7) is 5.07. The van der Waals surface area contributed by atoms with E-state index in [1.165, 1.54) is 0 Å². The Morgan fingerprint density at radius 3 is 2.67 bits per heavy atom. The molecule has 1 aliphatic rings. The minimum absolute atomic E-state index is 0.0547. The van der Waals surface area contributed by atoms with Gasteiger partial charge in [0, 0.05) is 12.3 Å². The summed E-state index contributed by atoms with van der Waals surface area (Å²) in [7, 11) is 0. The fourth-order valence-electron chi connectivity index (χ4n) is 2.37. The van der Waals surface area contributed by atoms with Crippen molar-refractivity contribution in [1.29, 1.82) is 0 Å². The largest absolute Gasteiger partial charge is 0.489 e. The fourth-order valence-corrected chi connectivity index (χ4v) is 2.37. The van der Waals surface area contributed by atoms with Crippen LogP contribution in [0.5, 0.6) is 11.5 Å². The van der Waals surface area contributed by atoms with Crippen LogP contribution in [-0.4, -0.2) is 29.4 Å². The van der Waals surface area contributed by atoms with Crippen molar-refractivity contribution in [2.75, 3.05) is 13.2 Å². The van der Waals surface area contributed by atoms with Gasteiger partial charge in [-0.15, -0.1) is 0 Å². The molecule has 0 saturated carbocycles. The average molecular weight is 294 g/mol. The summed E-state index contributed by atoms with van der Waals surface area (Å²) < 4.78 is 11.3. The second kappa shape index (κ2) is 6.80. The first-order valence-electron chi connectivity index (χ1n) is 7.25. The quantitative estimate of drug-likeness (QED) is 0.873. The molecular formula is C16H22O5. The maximum Gasteiger partial charge on any atom is 0.303 e. The smallest absolute Gasteiger partial charge is 0.303 e. The Hall–Kier alpha value is -1.75. The van der Waals surface area contributed by atoms with E-state index in [9.17, 15) is 9.90 Å². The maximum atomic E-state index is 10.7. The molecule has 1 aliphatic heterocycles. The van der Waals surface area contributed by atoms with Gasteiger partial charge in [0.15, 0.2) is 11.5 Å². The Labute approximate surface area is 124 Å². The number of hydrogen-bond acceptors (Lipinski definition) is 4. The molecule has 3 unspecified atom stereocenters. The van der Waals surface area contributed by atoms with E-state index in [1.54, 1.807) is 18.2 Å². The Morgan fingerprint density at radius 1 is 1.33 bits per heavy atom. The lowest BCUT2D eigenvalue weighted by Crippen LogP contribution is -2.12. The van der Waals surface area contributed by atoms with Gasteiger partial charge in [-0.2, -0.15) is 0 Å². The summed E-state index contributed by atoms with van der Waals surface area (Å²) in [5.41, 5.74) is 0.726. The van der Waals surface area contributed by atoms with E-state index in [0.29, 0.717) is 37.1 Å². The third kappa shape index (κ3) is 4.36. The third-order valence-electron chi connectivity index (χ3n) is 3.55.